The molecule has 3 heteroatoms. The molecule has 1 heterocycles. The molecule has 0 saturated carbocycles. The van der Waals surface area contributed by atoms with E-state index in [0.717, 1.165) is 23.7 Å². The molecule has 0 aliphatic carbocycles. The van der Waals surface area contributed by atoms with Gasteiger partial charge < -0.3 is 9.67 Å². The SMILES string of the molecule is CC(CO)Cn1ccc2cccc(C=O)c21. The number of hydrogen-bond donors (Lipinski definition) is 1. The van der Waals surface area contributed by atoms with Gasteiger partial charge in [0.25, 0.3) is 0 Å². The summed E-state index contributed by atoms with van der Waals surface area (Å²) >= 11 is 0. The van der Waals surface area contributed by atoms with Gasteiger partial charge in [0.05, 0.1) is 5.52 Å². The van der Waals surface area contributed by atoms with Crippen molar-refractivity contribution in [2.75, 3.05) is 6.61 Å². The Bertz CT molecular complexity index is 502. The lowest BCUT2D eigenvalue weighted by molar-refractivity contribution is 0.112. The summed E-state index contributed by atoms with van der Waals surface area (Å²) < 4.78 is 2.03. The third kappa shape index (κ3) is 1.86. The third-order valence-electron chi connectivity index (χ3n) is 2.77. The fourth-order valence-corrected chi connectivity index (χ4v) is 1.93. The molecule has 2 rings (SSSR count). The van der Waals surface area contributed by atoms with Crippen molar-refractivity contribution in [1.82, 2.24) is 4.57 Å². The average molecular weight is 217 g/mol. The fourth-order valence-electron chi connectivity index (χ4n) is 1.93. The highest BCUT2D eigenvalue weighted by molar-refractivity contribution is 5.96. The number of carbonyl (C=O) groups excluding carboxylic acids is 1. The predicted octanol–water partition coefficient (Wildman–Crippen LogP) is 2.08. The summed E-state index contributed by atoms with van der Waals surface area (Å²) in [4.78, 5) is 11.0. The molecule has 0 aliphatic heterocycles. The fraction of sp³-hybridized carbons (Fsp3) is 0.308. The Labute approximate surface area is 94.3 Å². The molecule has 16 heavy (non-hydrogen) atoms. The summed E-state index contributed by atoms with van der Waals surface area (Å²) in [6.07, 6.45) is 2.84. The standard InChI is InChI=1S/C13H15NO2/c1-10(8-15)7-14-6-5-11-3-2-4-12(9-16)13(11)14/h2-6,9-10,15H,7-8H2,1H3. The maximum Gasteiger partial charge on any atom is 0.152 e. The van der Waals surface area contributed by atoms with Gasteiger partial charge in [0, 0.05) is 30.3 Å². The largest absolute Gasteiger partial charge is 0.396 e. The van der Waals surface area contributed by atoms with E-state index in [1.807, 2.05) is 42.0 Å². The first-order chi connectivity index (χ1) is 7.76. The lowest BCUT2D eigenvalue weighted by atomic mass is 10.1. The molecule has 0 fully saturated rings. The van der Waals surface area contributed by atoms with E-state index in [9.17, 15) is 4.79 Å². The molecule has 0 amide bonds. The Balaban J connectivity index is 2.49. The van der Waals surface area contributed by atoms with Gasteiger partial charge in [-0.1, -0.05) is 19.1 Å². The van der Waals surface area contributed by atoms with Crippen LogP contribution in [-0.4, -0.2) is 22.6 Å². The van der Waals surface area contributed by atoms with Crippen LogP contribution in [-0.2, 0) is 6.54 Å². The monoisotopic (exact) mass is 217 g/mol. The summed E-state index contributed by atoms with van der Waals surface area (Å²) in [6, 6.07) is 7.68. The van der Waals surface area contributed by atoms with Gasteiger partial charge in [-0.05, 0) is 18.1 Å². The minimum absolute atomic E-state index is 0.156. The maximum atomic E-state index is 11.0. The zero-order valence-electron chi connectivity index (χ0n) is 9.26. The van der Waals surface area contributed by atoms with Crippen LogP contribution in [0.4, 0.5) is 0 Å². The average Bonchev–Trinajstić information content (AvgIpc) is 2.72. The number of para-hydroxylation sites is 1. The van der Waals surface area contributed by atoms with Crippen LogP contribution in [0.3, 0.4) is 0 Å². The molecule has 1 unspecified atom stereocenters. The molecule has 0 spiro atoms. The number of aromatic nitrogens is 1. The van der Waals surface area contributed by atoms with Crippen LogP contribution < -0.4 is 0 Å². The summed E-state index contributed by atoms with van der Waals surface area (Å²) in [6.45, 7) is 2.86. The van der Waals surface area contributed by atoms with Crippen molar-refractivity contribution in [1.29, 1.82) is 0 Å². The molecular weight excluding hydrogens is 202 g/mol. The lowest BCUT2D eigenvalue weighted by Crippen LogP contribution is -2.10. The van der Waals surface area contributed by atoms with E-state index in [4.69, 9.17) is 5.11 Å². The van der Waals surface area contributed by atoms with Gasteiger partial charge in [-0.2, -0.15) is 0 Å². The first-order valence-electron chi connectivity index (χ1n) is 5.40. The number of aliphatic hydroxyl groups excluding tert-OH is 1. The second kappa shape index (κ2) is 4.49. The quantitative estimate of drug-likeness (QED) is 0.797. The molecular formula is C13H15NO2. The second-order valence-corrected chi connectivity index (χ2v) is 4.16. The van der Waals surface area contributed by atoms with Crippen LogP contribution in [0.25, 0.3) is 10.9 Å². The van der Waals surface area contributed by atoms with Crippen molar-refractivity contribution < 1.29 is 9.90 Å². The molecule has 1 aromatic heterocycles. The number of aldehydes is 1. The number of benzene rings is 1. The van der Waals surface area contributed by atoms with Crippen molar-refractivity contribution in [3.8, 4) is 0 Å². The topological polar surface area (TPSA) is 42.2 Å². The van der Waals surface area contributed by atoms with Crippen LogP contribution in [0.1, 0.15) is 17.3 Å². The molecule has 1 atom stereocenters. The molecule has 1 N–H and O–H groups in total. The van der Waals surface area contributed by atoms with Gasteiger partial charge in [0.2, 0.25) is 0 Å². The number of hydrogen-bond acceptors (Lipinski definition) is 2. The number of aliphatic hydroxyl groups is 1. The third-order valence-corrected chi connectivity index (χ3v) is 2.77. The molecule has 84 valence electrons. The van der Waals surface area contributed by atoms with Gasteiger partial charge >= 0.3 is 0 Å². The normalized spacial score (nSPS) is 12.9. The van der Waals surface area contributed by atoms with Gasteiger partial charge in [-0.15, -0.1) is 0 Å². The number of carbonyl (C=O) groups is 1. The molecule has 0 radical (unpaired) electrons. The van der Waals surface area contributed by atoms with Gasteiger partial charge in [0.15, 0.2) is 6.29 Å². The van der Waals surface area contributed by atoms with Crippen LogP contribution in [0.2, 0.25) is 0 Å². The van der Waals surface area contributed by atoms with E-state index in [-0.39, 0.29) is 12.5 Å². The summed E-state index contributed by atoms with van der Waals surface area (Å²) in [7, 11) is 0. The van der Waals surface area contributed by atoms with Gasteiger partial charge in [-0.25, -0.2) is 0 Å². The second-order valence-electron chi connectivity index (χ2n) is 4.16. The lowest BCUT2D eigenvalue weighted by Gasteiger charge is -2.11. The highest BCUT2D eigenvalue weighted by Gasteiger charge is 2.08. The smallest absolute Gasteiger partial charge is 0.152 e. The number of fused-ring (bicyclic) bond motifs is 1. The zero-order chi connectivity index (χ0) is 11.5. The van der Waals surface area contributed by atoms with E-state index < -0.39 is 0 Å². The number of nitrogens with zero attached hydrogens (tertiary/aromatic N) is 1. The Kier molecular flexibility index (Phi) is 3.06. The maximum absolute atomic E-state index is 11.0. The minimum atomic E-state index is 0.156. The van der Waals surface area contributed by atoms with E-state index in [1.165, 1.54) is 0 Å². The first kappa shape index (κ1) is 10.9. The van der Waals surface area contributed by atoms with E-state index >= 15 is 0 Å². The summed E-state index contributed by atoms with van der Waals surface area (Å²) in [5.41, 5.74) is 1.66. The van der Waals surface area contributed by atoms with Crippen LogP contribution >= 0.6 is 0 Å². The molecule has 3 nitrogen and oxygen atoms in total. The zero-order valence-corrected chi connectivity index (χ0v) is 9.26. The van der Waals surface area contributed by atoms with Crippen molar-refractivity contribution in [3.63, 3.8) is 0 Å². The molecule has 2 aromatic rings. The Morgan fingerprint density at radius 3 is 2.94 bits per heavy atom. The van der Waals surface area contributed by atoms with Gasteiger partial charge in [-0.3, -0.25) is 4.79 Å². The van der Waals surface area contributed by atoms with Crippen LogP contribution in [0, 0.1) is 5.92 Å². The van der Waals surface area contributed by atoms with Crippen LogP contribution in [0.15, 0.2) is 30.5 Å². The Hall–Kier alpha value is -1.61. The van der Waals surface area contributed by atoms with Crippen molar-refractivity contribution in [3.05, 3.63) is 36.0 Å². The van der Waals surface area contributed by atoms with E-state index in [2.05, 4.69) is 0 Å². The summed E-state index contributed by atoms with van der Waals surface area (Å²) in [5, 5.41) is 10.1. The predicted molar refractivity (Wildman–Crippen MR) is 63.6 cm³/mol. The summed E-state index contributed by atoms with van der Waals surface area (Å²) in [5.74, 6) is 0.190. The molecule has 1 aromatic carbocycles. The van der Waals surface area contributed by atoms with Crippen molar-refractivity contribution >= 4 is 17.2 Å². The van der Waals surface area contributed by atoms with Crippen molar-refractivity contribution in [2.45, 2.75) is 13.5 Å². The van der Waals surface area contributed by atoms with E-state index in [1.54, 1.807) is 0 Å². The number of rotatable bonds is 4. The Morgan fingerprint density at radius 1 is 1.44 bits per heavy atom. The first-order valence-corrected chi connectivity index (χ1v) is 5.40. The Morgan fingerprint density at radius 2 is 2.25 bits per heavy atom. The minimum Gasteiger partial charge on any atom is -0.396 e. The van der Waals surface area contributed by atoms with Crippen molar-refractivity contribution in [2.24, 2.45) is 5.92 Å². The highest BCUT2D eigenvalue weighted by atomic mass is 16.3. The highest BCUT2D eigenvalue weighted by Crippen LogP contribution is 2.20. The van der Waals surface area contributed by atoms with E-state index in [0.29, 0.717) is 5.56 Å². The van der Waals surface area contributed by atoms with Gasteiger partial charge in [0.1, 0.15) is 0 Å². The molecule has 0 bridgehead atoms. The van der Waals surface area contributed by atoms with Crippen LogP contribution in [0.5, 0.6) is 0 Å². The molecule has 0 aliphatic rings. The molecule has 0 saturated heterocycles.